The van der Waals surface area contributed by atoms with Gasteiger partial charge in [-0.05, 0) is 0 Å². The first-order valence-electron chi connectivity index (χ1n) is 4.37. The number of aliphatic carboxylic acids is 1. The fourth-order valence-electron chi connectivity index (χ4n) is 1.19. The number of likely N-dealkylation sites (N-methyl/N-ethyl adjacent to an activating group) is 1. The van der Waals surface area contributed by atoms with E-state index in [0.717, 1.165) is 19.6 Å². The van der Waals surface area contributed by atoms with E-state index < -0.39 is 5.97 Å². The largest absolute Gasteiger partial charge is 0.480 e. The molecule has 4 heteroatoms. The third-order valence-electron chi connectivity index (χ3n) is 1.81. The molecule has 0 aliphatic heterocycles. The number of carbonyl (C=O) groups is 1. The first kappa shape index (κ1) is 11.4. The van der Waals surface area contributed by atoms with Crippen LogP contribution in [0, 0.1) is 0 Å². The molecule has 0 aliphatic carbocycles. The summed E-state index contributed by atoms with van der Waals surface area (Å²) < 4.78 is 0. The fraction of sp³-hybridized carbons (Fsp3) is 0.875. The van der Waals surface area contributed by atoms with E-state index in [-0.39, 0.29) is 6.54 Å². The van der Waals surface area contributed by atoms with Crippen LogP contribution in [0.4, 0.5) is 0 Å². The van der Waals surface area contributed by atoms with Gasteiger partial charge in [0.05, 0.1) is 0 Å². The Kier molecular flexibility index (Phi) is 5.66. The quantitative estimate of drug-likeness (QED) is 0.600. The summed E-state index contributed by atoms with van der Waals surface area (Å²) in [5.74, 6) is -0.774. The molecule has 0 aromatic heterocycles. The average Bonchev–Trinajstić information content (AvgIpc) is 2.04. The van der Waals surface area contributed by atoms with Gasteiger partial charge in [-0.2, -0.15) is 0 Å². The average molecular weight is 174 g/mol. The van der Waals surface area contributed by atoms with E-state index >= 15 is 0 Å². The summed E-state index contributed by atoms with van der Waals surface area (Å²) in [5, 5.41) is 12.4. The number of nitrogens with zero attached hydrogens (tertiary/aromatic N) is 2. The van der Waals surface area contributed by atoms with E-state index in [4.69, 9.17) is 5.11 Å². The lowest BCUT2D eigenvalue weighted by atomic mass is 10.5. The van der Waals surface area contributed by atoms with E-state index in [9.17, 15) is 4.79 Å². The third-order valence-corrected chi connectivity index (χ3v) is 1.81. The molecule has 0 rings (SSSR count). The van der Waals surface area contributed by atoms with Crippen LogP contribution in [0.15, 0.2) is 0 Å². The molecule has 12 heavy (non-hydrogen) atoms. The maximum atomic E-state index is 10.4. The number of hydrogen-bond acceptors (Lipinski definition) is 3. The van der Waals surface area contributed by atoms with Crippen molar-refractivity contribution in [3.8, 4) is 0 Å². The van der Waals surface area contributed by atoms with Gasteiger partial charge in [-0.1, -0.05) is 20.8 Å². The van der Waals surface area contributed by atoms with Gasteiger partial charge in [0.25, 0.3) is 0 Å². The topological polar surface area (TPSA) is 43.8 Å². The van der Waals surface area contributed by atoms with Crippen molar-refractivity contribution in [3.63, 3.8) is 0 Å². The summed E-state index contributed by atoms with van der Waals surface area (Å²) in [6.07, 6.45) is 0. The van der Waals surface area contributed by atoms with Gasteiger partial charge in [0, 0.05) is 19.6 Å². The SMILES string of the molecule is CCN(CC)N(CC)CC(=O)O. The van der Waals surface area contributed by atoms with Gasteiger partial charge >= 0.3 is 5.97 Å². The van der Waals surface area contributed by atoms with Crippen molar-refractivity contribution in [2.24, 2.45) is 0 Å². The highest BCUT2D eigenvalue weighted by molar-refractivity contribution is 5.68. The number of carboxylic acids is 1. The molecule has 0 aromatic rings. The standard InChI is InChI=1S/C8H18N2O2/c1-4-9(5-2)10(6-3)7-8(11)12/h4-7H2,1-3H3,(H,11,12). The maximum absolute atomic E-state index is 10.4. The summed E-state index contributed by atoms with van der Waals surface area (Å²) in [4.78, 5) is 10.4. The van der Waals surface area contributed by atoms with Crippen LogP contribution in [0.1, 0.15) is 20.8 Å². The molecule has 0 atom stereocenters. The molecule has 0 saturated carbocycles. The van der Waals surface area contributed by atoms with E-state index in [1.807, 2.05) is 30.8 Å². The van der Waals surface area contributed by atoms with Crippen molar-refractivity contribution < 1.29 is 9.90 Å². The summed E-state index contributed by atoms with van der Waals surface area (Å²) >= 11 is 0. The van der Waals surface area contributed by atoms with Gasteiger partial charge in [-0.3, -0.25) is 4.79 Å². The summed E-state index contributed by atoms with van der Waals surface area (Å²) in [5.41, 5.74) is 0. The zero-order valence-electron chi connectivity index (χ0n) is 8.08. The Labute approximate surface area is 73.7 Å². The van der Waals surface area contributed by atoms with Gasteiger partial charge in [0.2, 0.25) is 0 Å². The molecular weight excluding hydrogens is 156 g/mol. The second-order valence-corrected chi connectivity index (χ2v) is 2.51. The predicted octanol–water partition coefficient (Wildman–Crippen LogP) is 0.650. The van der Waals surface area contributed by atoms with Gasteiger partial charge in [0.15, 0.2) is 0 Å². The number of hydrazine groups is 1. The first-order chi connectivity index (χ1) is 5.65. The molecule has 72 valence electrons. The van der Waals surface area contributed by atoms with Gasteiger partial charge < -0.3 is 5.11 Å². The van der Waals surface area contributed by atoms with E-state index in [2.05, 4.69) is 0 Å². The van der Waals surface area contributed by atoms with Crippen molar-refractivity contribution in [2.75, 3.05) is 26.2 Å². The Hall–Kier alpha value is -0.610. The molecule has 0 saturated heterocycles. The highest BCUT2D eigenvalue weighted by Crippen LogP contribution is 1.96. The molecule has 4 nitrogen and oxygen atoms in total. The minimum Gasteiger partial charge on any atom is -0.480 e. The number of hydrogen-bond donors (Lipinski definition) is 1. The molecule has 0 aliphatic rings. The van der Waals surface area contributed by atoms with Crippen molar-refractivity contribution in [1.82, 2.24) is 10.0 Å². The predicted molar refractivity (Wildman–Crippen MR) is 47.8 cm³/mol. The molecule has 0 fully saturated rings. The zero-order chi connectivity index (χ0) is 9.56. The van der Waals surface area contributed by atoms with E-state index in [1.54, 1.807) is 0 Å². The van der Waals surface area contributed by atoms with Crippen molar-refractivity contribution in [1.29, 1.82) is 0 Å². The van der Waals surface area contributed by atoms with Gasteiger partial charge in [-0.15, -0.1) is 0 Å². The van der Waals surface area contributed by atoms with Crippen LogP contribution in [0.3, 0.4) is 0 Å². The van der Waals surface area contributed by atoms with E-state index in [0.29, 0.717) is 0 Å². The number of carboxylic acid groups (broad SMARTS) is 1. The molecule has 0 bridgehead atoms. The monoisotopic (exact) mass is 174 g/mol. The smallest absolute Gasteiger partial charge is 0.319 e. The third kappa shape index (κ3) is 3.69. The normalized spacial score (nSPS) is 11.1. The Morgan fingerprint density at radius 1 is 1.08 bits per heavy atom. The van der Waals surface area contributed by atoms with Crippen LogP contribution < -0.4 is 0 Å². The molecule has 0 amide bonds. The zero-order valence-corrected chi connectivity index (χ0v) is 8.08. The second-order valence-electron chi connectivity index (χ2n) is 2.51. The highest BCUT2D eigenvalue weighted by Gasteiger charge is 2.12. The van der Waals surface area contributed by atoms with E-state index in [1.165, 1.54) is 0 Å². The lowest BCUT2D eigenvalue weighted by Crippen LogP contribution is -2.45. The summed E-state index contributed by atoms with van der Waals surface area (Å²) in [7, 11) is 0. The first-order valence-corrected chi connectivity index (χ1v) is 4.37. The van der Waals surface area contributed by atoms with Gasteiger partial charge in [0.1, 0.15) is 6.54 Å². The van der Waals surface area contributed by atoms with Crippen LogP contribution in [-0.4, -0.2) is 47.3 Å². The lowest BCUT2D eigenvalue weighted by Gasteiger charge is -2.30. The summed E-state index contributed by atoms with van der Waals surface area (Å²) in [6, 6.07) is 0. The van der Waals surface area contributed by atoms with Crippen LogP contribution in [0.25, 0.3) is 0 Å². The molecular formula is C8H18N2O2. The maximum Gasteiger partial charge on any atom is 0.319 e. The second kappa shape index (κ2) is 5.97. The fourth-order valence-corrected chi connectivity index (χ4v) is 1.19. The van der Waals surface area contributed by atoms with Crippen LogP contribution >= 0.6 is 0 Å². The van der Waals surface area contributed by atoms with Crippen LogP contribution in [-0.2, 0) is 4.79 Å². The molecule has 0 aromatic carbocycles. The molecule has 0 spiro atoms. The minimum absolute atomic E-state index is 0.0954. The Morgan fingerprint density at radius 2 is 1.50 bits per heavy atom. The van der Waals surface area contributed by atoms with Crippen LogP contribution in [0.5, 0.6) is 0 Å². The Morgan fingerprint density at radius 3 is 1.75 bits per heavy atom. The molecule has 0 heterocycles. The number of rotatable bonds is 6. The molecule has 1 N–H and O–H groups in total. The van der Waals surface area contributed by atoms with Crippen molar-refractivity contribution in [2.45, 2.75) is 20.8 Å². The highest BCUT2D eigenvalue weighted by atomic mass is 16.4. The minimum atomic E-state index is -0.774. The van der Waals surface area contributed by atoms with Crippen molar-refractivity contribution >= 4 is 5.97 Å². The molecule has 0 radical (unpaired) electrons. The van der Waals surface area contributed by atoms with Crippen molar-refractivity contribution in [3.05, 3.63) is 0 Å². The lowest BCUT2D eigenvalue weighted by molar-refractivity contribution is -0.143. The Bertz CT molecular complexity index is 135. The Balaban J connectivity index is 4.01. The van der Waals surface area contributed by atoms with Crippen LogP contribution in [0.2, 0.25) is 0 Å². The summed E-state index contributed by atoms with van der Waals surface area (Å²) in [6.45, 7) is 8.56. The van der Waals surface area contributed by atoms with Gasteiger partial charge in [-0.25, -0.2) is 10.0 Å². The molecule has 0 unspecified atom stereocenters.